The Bertz CT molecular complexity index is 585. The highest BCUT2D eigenvalue weighted by Crippen LogP contribution is 2.56. The van der Waals surface area contributed by atoms with E-state index in [9.17, 15) is 0 Å². The van der Waals surface area contributed by atoms with Gasteiger partial charge in [-0.3, -0.25) is 0 Å². The molecule has 0 spiro atoms. The van der Waals surface area contributed by atoms with E-state index in [-0.39, 0.29) is 0 Å². The molecule has 0 heteroatoms. The summed E-state index contributed by atoms with van der Waals surface area (Å²) in [6.45, 7) is 11.3. The molecule has 0 aromatic carbocycles. The van der Waals surface area contributed by atoms with E-state index in [0.717, 1.165) is 11.8 Å². The van der Waals surface area contributed by atoms with Crippen LogP contribution < -0.4 is 0 Å². The first-order valence-electron chi connectivity index (χ1n) is 11.3. The quantitative estimate of drug-likeness (QED) is 0.437. The Hall–Kier alpha value is -1.04. The Morgan fingerprint density at radius 2 is 1.77 bits per heavy atom. The average molecular weight is 353 g/mol. The van der Waals surface area contributed by atoms with Crippen molar-refractivity contribution in [2.75, 3.05) is 0 Å². The molecule has 0 aliphatic heterocycles. The predicted molar refractivity (Wildman–Crippen MR) is 115 cm³/mol. The monoisotopic (exact) mass is 352 g/mol. The normalized spacial score (nSPS) is 34.2. The lowest BCUT2D eigenvalue weighted by molar-refractivity contribution is 0.176. The second kappa shape index (κ2) is 8.77. The summed E-state index contributed by atoms with van der Waals surface area (Å²) < 4.78 is 0. The second-order valence-electron chi connectivity index (χ2n) is 9.64. The van der Waals surface area contributed by atoms with E-state index in [0.29, 0.717) is 11.3 Å². The number of rotatable bonds is 5. The van der Waals surface area contributed by atoms with Crippen molar-refractivity contribution in [3.8, 4) is 0 Å². The Labute approximate surface area is 162 Å². The highest BCUT2D eigenvalue weighted by atomic mass is 14.5. The van der Waals surface area contributed by atoms with Crippen molar-refractivity contribution in [3.05, 3.63) is 47.6 Å². The van der Waals surface area contributed by atoms with Gasteiger partial charge in [0.2, 0.25) is 0 Å². The maximum atomic E-state index is 4.30. The summed E-state index contributed by atoms with van der Waals surface area (Å²) in [5.74, 6) is 2.29. The van der Waals surface area contributed by atoms with Gasteiger partial charge >= 0.3 is 0 Å². The van der Waals surface area contributed by atoms with Crippen molar-refractivity contribution in [2.24, 2.45) is 23.2 Å². The summed E-state index contributed by atoms with van der Waals surface area (Å²) in [7, 11) is 0. The molecule has 3 atom stereocenters. The largest absolute Gasteiger partial charge is 0.0956 e. The predicted octanol–water partition coefficient (Wildman–Crippen LogP) is 8.18. The summed E-state index contributed by atoms with van der Waals surface area (Å²) in [6, 6.07) is 0. The minimum atomic E-state index is 0.569. The third kappa shape index (κ3) is 4.44. The van der Waals surface area contributed by atoms with Gasteiger partial charge in [-0.25, -0.2) is 0 Å². The van der Waals surface area contributed by atoms with Gasteiger partial charge < -0.3 is 0 Å². The molecule has 3 rings (SSSR count). The van der Waals surface area contributed by atoms with E-state index >= 15 is 0 Å². The average Bonchev–Trinajstić information content (AvgIpc) is 3.05. The van der Waals surface area contributed by atoms with Crippen molar-refractivity contribution in [3.63, 3.8) is 0 Å². The molecule has 0 bridgehead atoms. The molecule has 0 N–H and O–H groups in total. The summed E-state index contributed by atoms with van der Waals surface area (Å²) >= 11 is 0. The fraction of sp³-hybridized carbons (Fsp3) is 0.692. The standard InChI is InChI=1S/C26H40/c1-20(2)21(3)11-7-17-26-18-8-13-24(25(26)14-9-19-26)16-15-23-12-6-5-10-22(23)4/h7,11,15-16,20-21,25H,4-6,8-10,12-14,17-19H2,1-3H3/b11-7+,23-15-,24-16+/t21?,25-,26?/m0/s1. The van der Waals surface area contributed by atoms with Crippen LogP contribution in [0.1, 0.15) is 91.4 Å². The van der Waals surface area contributed by atoms with Gasteiger partial charge in [0.25, 0.3) is 0 Å². The third-order valence-corrected chi connectivity index (χ3v) is 7.64. The fourth-order valence-electron chi connectivity index (χ4n) is 5.52. The van der Waals surface area contributed by atoms with Crippen molar-refractivity contribution in [1.82, 2.24) is 0 Å². The van der Waals surface area contributed by atoms with Gasteiger partial charge in [0.15, 0.2) is 0 Å². The van der Waals surface area contributed by atoms with Crippen molar-refractivity contribution < 1.29 is 0 Å². The Kier molecular flexibility index (Phi) is 6.65. The lowest BCUT2D eigenvalue weighted by atomic mass is 9.64. The Morgan fingerprint density at radius 3 is 2.54 bits per heavy atom. The lowest BCUT2D eigenvalue weighted by Gasteiger charge is -2.41. The van der Waals surface area contributed by atoms with E-state index in [1.54, 1.807) is 5.57 Å². The van der Waals surface area contributed by atoms with E-state index < -0.39 is 0 Å². The van der Waals surface area contributed by atoms with Crippen LogP contribution in [0.2, 0.25) is 0 Å². The van der Waals surface area contributed by atoms with Crippen LogP contribution in [0.4, 0.5) is 0 Å². The van der Waals surface area contributed by atoms with Gasteiger partial charge in [-0.2, -0.15) is 0 Å². The summed E-state index contributed by atoms with van der Waals surface area (Å²) in [5.41, 5.74) is 5.25. The molecule has 3 fully saturated rings. The van der Waals surface area contributed by atoms with Crippen molar-refractivity contribution in [2.45, 2.75) is 91.4 Å². The molecule has 0 nitrogen and oxygen atoms in total. The smallest absolute Gasteiger partial charge is 0.0140 e. The van der Waals surface area contributed by atoms with Crippen LogP contribution in [-0.2, 0) is 0 Å². The van der Waals surface area contributed by atoms with Crippen LogP contribution in [0, 0.1) is 23.2 Å². The number of fused-ring (bicyclic) bond motifs is 1. The molecule has 144 valence electrons. The molecule has 3 aliphatic rings. The SMILES string of the molecule is C=C1CCCC/C1=C/C=C1\CCCC2(C/C=C/C(C)C(C)C)CCC[C@@H]12. The van der Waals surface area contributed by atoms with E-state index in [1.807, 2.05) is 0 Å². The van der Waals surface area contributed by atoms with Gasteiger partial charge in [0.05, 0.1) is 0 Å². The summed E-state index contributed by atoms with van der Waals surface area (Å²) in [6.07, 6.45) is 24.9. The topological polar surface area (TPSA) is 0 Å². The molecule has 3 aliphatic carbocycles. The molecule has 2 unspecified atom stereocenters. The molecule has 0 aromatic heterocycles. The Balaban J connectivity index is 1.73. The molecule has 26 heavy (non-hydrogen) atoms. The maximum absolute atomic E-state index is 4.30. The molecule has 0 amide bonds. The first-order chi connectivity index (χ1) is 12.5. The van der Waals surface area contributed by atoms with Crippen LogP contribution in [0.5, 0.6) is 0 Å². The molecule has 0 radical (unpaired) electrons. The van der Waals surface area contributed by atoms with Gasteiger partial charge in [-0.15, -0.1) is 0 Å². The second-order valence-corrected chi connectivity index (χ2v) is 9.64. The van der Waals surface area contributed by atoms with Crippen LogP contribution in [0.25, 0.3) is 0 Å². The zero-order chi connectivity index (χ0) is 18.6. The molecular weight excluding hydrogens is 312 g/mol. The zero-order valence-corrected chi connectivity index (χ0v) is 17.5. The molecule has 0 aromatic rings. The minimum Gasteiger partial charge on any atom is -0.0956 e. The summed E-state index contributed by atoms with van der Waals surface area (Å²) in [4.78, 5) is 0. The van der Waals surface area contributed by atoms with Crippen LogP contribution in [-0.4, -0.2) is 0 Å². The highest BCUT2D eigenvalue weighted by molar-refractivity contribution is 5.35. The van der Waals surface area contributed by atoms with E-state index in [1.165, 1.54) is 81.8 Å². The van der Waals surface area contributed by atoms with Crippen LogP contribution >= 0.6 is 0 Å². The Morgan fingerprint density at radius 1 is 1.00 bits per heavy atom. The summed E-state index contributed by atoms with van der Waals surface area (Å²) in [5, 5.41) is 0. The number of allylic oxidation sites excluding steroid dienone is 7. The number of hydrogen-bond acceptors (Lipinski definition) is 0. The molecule has 0 saturated heterocycles. The highest BCUT2D eigenvalue weighted by Gasteiger charge is 2.45. The van der Waals surface area contributed by atoms with Crippen molar-refractivity contribution in [1.29, 1.82) is 0 Å². The van der Waals surface area contributed by atoms with Gasteiger partial charge in [0, 0.05) is 0 Å². The van der Waals surface area contributed by atoms with Gasteiger partial charge in [-0.1, -0.05) is 69.2 Å². The van der Waals surface area contributed by atoms with Crippen LogP contribution in [0.3, 0.4) is 0 Å². The zero-order valence-electron chi connectivity index (χ0n) is 17.5. The first-order valence-corrected chi connectivity index (χ1v) is 11.3. The molecule has 3 saturated carbocycles. The first kappa shape index (κ1) is 19.7. The van der Waals surface area contributed by atoms with Crippen molar-refractivity contribution >= 4 is 0 Å². The van der Waals surface area contributed by atoms with E-state index in [2.05, 4.69) is 51.7 Å². The minimum absolute atomic E-state index is 0.569. The van der Waals surface area contributed by atoms with Gasteiger partial charge in [-0.05, 0) is 93.0 Å². The third-order valence-electron chi connectivity index (χ3n) is 7.64. The molecular formula is C26H40. The fourth-order valence-corrected chi connectivity index (χ4v) is 5.52. The van der Waals surface area contributed by atoms with Gasteiger partial charge in [0.1, 0.15) is 0 Å². The van der Waals surface area contributed by atoms with Crippen LogP contribution in [0.15, 0.2) is 47.6 Å². The van der Waals surface area contributed by atoms with E-state index in [4.69, 9.17) is 0 Å². The number of hydrogen-bond donors (Lipinski definition) is 0. The molecule has 0 heterocycles. The maximum Gasteiger partial charge on any atom is -0.0140 e. The lowest BCUT2D eigenvalue weighted by Crippen LogP contribution is -2.30.